The topological polar surface area (TPSA) is 58.3 Å². The van der Waals surface area contributed by atoms with Gasteiger partial charge in [0.25, 0.3) is 0 Å². The molecule has 1 saturated heterocycles. The predicted octanol–water partition coefficient (Wildman–Crippen LogP) is -0.907. The molecule has 0 amide bonds. The molecule has 2 unspecified atom stereocenters. The van der Waals surface area contributed by atoms with Crippen LogP contribution in [-0.2, 0) is 15.9 Å². The normalized spacial score (nSPS) is 36.7. The van der Waals surface area contributed by atoms with Crippen molar-refractivity contribution in [3.05, 3.63) is 0 Å². The van der Waals surface area contributed by atoms with Crippen LogP contribution in [0.15, 0.2) is 0 Å². The van der Waals surface area contributed by atoms with E-state index in [4.69, 9.17) is 10.5 Å². The van der Waals surface area contributed by atoms with E-state index in [0.717, 1.165) is 0 Å². The van der Waals surface area contributed by atoms with Gasteiger partial charge < -0.3 is 15.0 Å². The molecule has 0 spiro atoms. The molecule has 0 aromatic rings. The second-order valence-electron chi connectivity index (χ2n) is 2.02. The fourth-order valence-corrected chi connectivity index (χ4v) is 1.85. The first-order valence-electron chi connectivity index (χ1n) is 2.99. The SMILES string of the molecule is NCC1COCC[S+]1[O-]. The zero-order chi connectivity index (χ0) is 6.69. The van der Waals surface area contributed by atoms with Gasteiger partial charge in [-0.1, -0.05) is 0 Å². The summed E-state index contributed by atoms with van der Waals surface area (Å²) in [4.78, 5) is 0. The van der Waals surface area contributed by atoms with E-state index >= 15 is 0 Å². The van der Waals surface area contributed by atoms with E-state index in [0.29, 0.717) is 25.5 Å². The van der Waals surface area contributed by atoms with E-state index in [-0.39, 0.29) is 5.25 Å². The maximum atomic E-state index is 11.0. The highest BCUT2D eigenvalue weighted by Gasteiger charge is 2.24. The molecule has 1 rings (SSSR count). The van der Waals surface area contributed by atoms with Crippen molar-refractivity contribution in [2.75, 3.05) is 25.5 Å². The van der Waals surface area contributed by atoms with Gasteiger partial charge in [-0.25, -0.2) is 0 Å². The van der Waals surface area contributed by atoms with Crippen molar-refractivity contribution < 1.29 is 9.29 Å². The minimum absolute atomic E-state index is 0.0822. The van der Waals surface area contributed by atoms with Gasteiger partial charge >= 0.3 is 0 Å². The molecule has 1 heterocycles. The molecule has 0 bridgehead atoms. The van der Waals surface area contributed by atoms with Gasteiger partial charge in [-0.15, -0.1) is 0 Å². The summed E-state index contributed by atoms with van der Waals surface area (Å²) in [5.41, 5.74) is 5.32. The predicted molar refractivity (Wildman–Crippen MR) is 36.7 cm³/mol. The first kappa shape index (κ1) is 7.34. The van der Waals surface area contributed by atoms with E-state index in [1.54, 1.807) is 0 Å². The zero-order valence-electron chi connectivity index (χ0n) is 5.21. The number of rotatable bonds is 1. The Labute approximate surface area is 57.7 Å². The third-order valence-corrected chi connectivity index (χ3v) is 3.01. The second-order valence-corrected chi connectivity index (χ2v) is 3.85. The van der Waals surface area contributed by atoms with Gasteiger partial charge in [0.1, 0.15) is 5.75 Å². The summed E-state index contributed by atoms with van der Waals surface area (Å²) in [5.74, 6) is 0.655. The van der Waals surface area contributed by atoms with Crippen molar-refractivity contribution in [1.82, 2.24) is 0 Å². The molecule has 4 heteroatoms. The zero-order valence-corrected chi connectivity index (χ0v) is 6.02. The van der Waals surface area contributed by atoms with Crippen LogP contribution in [0.2, 0.25) is 0 Å². The van der Waals surface area contributed by atoms with Gasteiger partial charge in [-0.2, -0.15) is 0 Å². The lowest BCUT2D eigenvalue weighted by atomic mass is 10.4. The summed E-state index contributed by atoms with van der Waals surface area (Å²) in [6, 6.07) is 0. The fraction of sp³-hybridized carbons (Fsp3) is 1.00. The van der Waals surface area contributed by atoms with Crippen molar-refractivity contribution >= 4 is 11.2 Å². The molecule has 0 saturated carbocycles. The maximum absolute atomic E-state index is 11.0. The number of hydrogen-bond acceptors (Lipinski definition) is 3. The Kier molecular flexibility index (Phi) is 2.78. The Morgan fingerprint density at radius 1 is 1.78 bits per heavy atom. The van der Waals surface area contributed by atoms with Crippen molar-refractivity contribution in [2.24, 2.45) is 5.73 Å². The Morgan fingerprint density at radius 2 is 2.56 bits per heavy atom. The molecule has 3 nitrogen and oxygen atoms in total. The summed E-state index contributed by atoms with van der Waals surface area (Å²) in [5, 5.41) is 0.0822. The number of ether oxygens (including phenoxy) is 1. The van der Waals surface area contributed by atoms with E-state index in [1.165, 1.54) is 0 Å². The minimum atomic E-state index is -0.728. The average molecular weight is 149 g/mol. The maximum Gasteiger partial charge on any atom is 0.151 e. The van der Waals surface area contributed by atoms with Crippen molar-refractivity contribution in [2.45, 2.75) is 5.25 Å². The molecule has 2 atom stereocenters. The third kappa shape index (κ3) is 1.82. The first-order chi connectivity index (χ1) is 4.34. The molecule has 54 valence electrons. The molecule has 1 fully saturated rings. The summed E-state index contributed by atoms with van der Waals surface area (Å²) < 4.78 is 16.0. The highest BCUT2D eigenvalue weighted by Crippen LogP contribution is 2.07. The Bertz CT molecular complexity index is 91.0. The molecule has 0 aromatic heterocycles. The Balaban J connectivity index is 2.30. The molecule has 1 aliphatic heterocycles. The molecular weight excluding hydrogens is 138 g/mol. The number of nitrogens with two attached hydrogens (primary N) is 1. The largest absolute Gasteiger partial charge is 0.616 e. The lowest BCUT2D eigenvalue weighted by Crippen LogP contribution is -2.40. The molecule has 2 N–H and O–H groups in total. The quantitative estimate of drug-likeness (QED) is 0.491. The van der Waals surface area contributed by atoms with Crippen molar-refractivity contribution in [3.63, 3.8) is 0 Å². The van der Waals surface area contributed by atoms with Gasteiger partial charge in [0.2, 0.25) is 0 Å². The van der Waals surface area contributed by atoms with Crippen LogP contribution in [0.1, 0.15) is 0 Å². The van der Waals surface area contributed by atoms with Gasteiger partial charge in [-0.3, -0.25) is 0 Å². The molecule has 0 aromatic carbocycles. The van der Waals surface area contributed by atoms with Crippen LogP contribution in [0.5, 0.6) is 0 Å². The molecule has 0 aliphatic carbocycles. The number of hydrogen-bond donors (Lipinski definition) is 1. The van der Waals surface area contributed by atoms with Gasteiger partial charge in [-0.05, 0) is 11.2 Å². The third-order valence-electron chi connectivity index (χ3n) is 1.37. The highest BCUT2D eigenvalue weighted by molar-refractivity contribution is 7.92. The van der Waals surface area contributed by atoms with E-state index < -0.39 is 11.2 Å². The van der Waals surface area contributed by atoms with Crippen LogP contribution >= 0.6 is 0 Å². The van der Waals surface area contributed by atoms with Crippen molar-refractivity contribution in [3.8, 4) is 0 Å². The van der Waals surface area contributed by atoms with E-state index in [1.807, 2.05) is 0 Å². The van der Waals surface area contributed by atoms with Crippen LogP contribution < -0.4 is 5.73 Å². The fourth-order valence-electron chi connectivity index (χ4n) is 0.774. The van der Waals surface area contributed by atoms with Gasteiger partial charge in [0, 0.05) is 6.54 Å². The average Bonchev–Trinajstić information content (AvgIpc) is 1.89. The molecule has 9 heavy (non-hydrogen) atoms. The monoisotopic (exact) mass is 149 g/mol. The van der Waals surface area contributed by atoms with Gasteiger partial charge in [0.15, 0.2) is 5.25 Å². The Hall–Kier alpha value is 0.230. The van der Waals surface area contributed by atoms with Crippen LogP contribution in [0.4, 0.5) is 0 Å². The highest BCUT2D eigenvalue weighted by atomic mass is 32.2. The Morgan fingerprint density at radius 3 is 3.00 bits per heavy atom. The summed E-state index contributed by atoms with van der Waals surface area (Å²) >= 11 is -0.728. The van der Waals surface area contributed by atoms with E-state index in [2.05, 4.69) is 0 Å². The van der Waals surface area contributed by atoms with E-state index in [9.17, 15) is 4.55 Å². The van der Waals surface area contributed by atoms with Crippen LogP contribution in [0, 0.1) is 0 Å². The standard InChI is InChI=1S/C5H11NO2S/c6-3-5-4-8-1-2-9(5)7/h5H,1-4,6H2. The molecular formula is C5H11NO2S. The van der Waals surface area contributed by atoms with Gasteiger partial charge in [0.05, 0.1) is 13.2 Å². The summed E-state index contributed by atoms with van der Waals surface area (Å²) in [7, 11) is 0. The van der Waals surface area contributed by atoms with Crippen LogP contribution in [-0.4, -0.2) is 35.3 Å². The second kappa shape index (κ2) is 3.41. The lowest BCUT2D eigenvalue weighted by molar-refractivity contribution is 0.139. The molecule has 0 radical (unpaired) electrons. The summed E-state index contributed by atoms with van der Waals surface area (Å²) in [6.07, 6.45) is 0. The van der Waals surface area contributed by atoms with Crippen molar-refractivity contribution in [1.29, 1.82) is 0 Å². The summed E-state index contributed by atoms with van der Waals surface area (Å²) in [6.45, 7) is 1.68. The first-order valence-corrected chi connectivity index (χ1v) is 4.38. The smallest absolute Gasteiger partial charge is 0.151 e. The lowest BCUT2D eigenvalue weighted by Gasteiger charge is -2.24. The van der Waals surface area contributed by atoms with Crippen LogP contribution in [0.25, 0.3) is 0 Å². The van der Waals surface area contributed by atoms with Crippen LogP contribution in [0.3, 0.4) is 0 Å². The minimum Gasteiger partial charge on any atom is -0.616 e. The molecule has 1 aliphatic rings.